The maximum absolute atomic E-state index is 12.1. The highest BCUT2D eigenvalue weighted by molar-refractivity contribution is 5.82. The number of rotatable bonds is 9. The lowest BCUT2D eigenvalue weighted by Crippen LogP contribution is -2.45. The number of carbonyl (C=O) groups excluding carboxylic acids is 1. The number of carboxylic acid groups (broad SMARTS) is 1. The number of hydrogen-bond donors (Lipinski definition) is 6. The van der Waals surface area contributed by atoms with Crippen LogP contribution in [-0.2, 0) is 20.8 Å². The number of aliphatic hydroxyl groups is 2. The molecule has 5 unspecified atom stereocenters. The molecule has 0 bridgehead atoms. The van der Waals surface area contributed by atoms with E-state index in [1.54, 1.807) is 38.1 Å². The number of phenols is 1. The van der Waals surface area contributed by atoms with E-state index in [1.165, 1.54) is 17.2 Å². The van der Waals surface area contributed by atoms with Crippen molar-refractivity contribution in [3.63, 3.8) is 0 Å². The predicted octanol–water partition coefficient (Wildman–Crippen LogP) is 0.599. The molecule has 198 valence electrons. The first-order valence-electron chi connectivity index (χ1n) is 11.5. The van der Waals surface area contributed by atoms with Crippen LogP contribution in [0.25, 0.3) is 11.2 Å². The molecule has 1 saturated heterocycles. The van der Waals surface area contributed by atoms with E-state index < -0.39 is 49.3 Å². The molecule has 5 atom stereocenters. The summed E-state index contributed by atoms with van der Waals surface area (Å²) in [4.78, 5) is 36.1. The summed E-state index contributed by atoms with van der Waals surface area (Å²) in [5, 5.41) is 45.1. The van der Waals surface area contributed by atoms with Crippen LogP contribution in [0.3, 0.4) is 0 Å². The van der Waals surface area contributed by atoms with Crippen molar-refractivity contribution in [3.8, 4) is 5.75 Å². The summed E-state index contributed by atoms with van der Waals surface area (Å²) in [6.45, 7) is 3.25. The number of aromatic nitrogens is 4. The van der Waals surface area contributed by atoms with Gasteiger partial charge in [0.2, 0.25) is 0 Å². The van der Waals surface area contributed by atoms with E-state index >= 15 is 0 Å². The molecule has 0 spiro atoms. The van der Waals surface area contributed by atoms with Gasteiger partial charge in [0.25, 0.3) is 0 Å². The minimum Gasteiger partial charge on any atom is -0.508 e. The molecule has 0 aliphatic carbocycles. The average Bonchev–Trinajstić information content (AvgIpc) is 3.41. The number of benzene rings is 1. The molecular formula is C23H28N6O8. The number of phenolic OH excluding ortho intramolecular Hbond substituents is 1. The predicted molar refractivity (Wildman–Crippen MR) is 127 cm³/mol. The molecule has 1 fully saturated rings. The molecule has 1 aliphatic heterocycles. The molecule has 0 radical (unpaired) electrons. The Balaban J connectivity index is 1.42. The molecule has 14 nitrogen and oxygen atoms in total. The highest BCUT2D eigenvalue weighted by atomic mass is 16.6. The second-order valence-corrected chi connectivity index (χ2v) is 8.92. The summed E-state index contributed by atoms with van der Waals surface area (Å²) in [7, 11) is 0. The molecule has 14 heteroatoms. The summed E-state index contributed by atoms with van der Waals surface area (Å²) in [5.41, 5.74) is 1.63. The third-order valence-electron chi connectivity index (χ3n) is 5.95. The van der Waals surface area contributed by atoms with Gasteiger partial charge in [-0.25, -0.2) is 24.5 Å². The quantitative estimate of drug-likeness (QED) is 0.232. The first-order chi connectivity index (χ1) is 17.7. The van der Waals surface area contributed by atoms with Crippen LogP contribution in [0.5, 0.6) is 5.75 Å². The van der Waals surface area contributed by atoms with Crippen LogP contribution in [-0.4, -0.2) is 83.0 Å². The van der Waals surface area contributed by atoms with Crippen molar-refractivity contribution >= 4 is 29.0 Å². The Bertz CT molecular complexity index is 1250. The molecule has 2 aromatic heterocycles. The zero-order chi connectivity index (χ0) is 26.7. The van der Waals surface area contributed by atoms with Gasteiger partial charge >= 0.3 is 12.1 Å². The number of nitrogens with one attached hydrogen (secondary N) is 2. The summed E-state index contributed by atoms with van der Waals surface area (Å²) in [5.74, 6) is -0.986. The monoisotopic (exact) mass is 516 g/mol. The molecule has 37 heavy (non-hydrogen) atoms. The molecule has 1 aliphatic rings. The van der Waals surface area contributed by atoms with Crippen LogP contribution in [0.2, 0.25) is 0 Å². The van der Waals surface area contributed by atoms with Crippen molar-refractivity contribution in [2.24, 2.45) is 5.92 Å². The Hall–Kier alpha value is -4.01. The van der Waals surface area contributed by atoms with Crippen molar-refractivity contribution in [2.45, 2.75) is 51.0 Å². The van der Waals surface area contributed by atoms with Crippen molar-refractivity contribution in [2.75, 3.05) is 11.9 Å². The highest BCUT2D eigenvalue weighted by Crippen LogP contribution is 2.32. The maximum atomic E-state index is 12.1. The van der Waals surface area contributed by atoms with Gasteiger partial charge in [0.05, 0.1) is 6.33 Å². The van der Waals surface area contributed by atoms with Gasteiger partial charge in [0.15, 0.2) is 23.2 Å². The Kier molecular flexibility index (Phi) is 7.71. The van der Waals surface area contributed by atoms with E-state index in [0.717, 1.165) is 5.56 Å². The van der Waals surface area contributed by atoms with Gasteiger partial charge in [-0.3, -0.25) is 4.57 Å². The summed E-state index contributed by atoms with van der Waals surface area (Å²) >= 11 is 0. The van der Waals surface area contributed by atoms with E-state index in [0.29, 0.717) is 23.5 Å². The van der Waals surface area contributed by atoms with Crippen molar-refractivity contribution in [1.29, 1.82) is 0 Å². The molecule has 3 aromatic rings. The number of aromatic hydroxyl groups is 1. The van der Waals surface area contributed by atoms with Gasteiger partial charge in [0.1, 0.15) is 43.0 Å². The summed E-state index contributed by atoms with van der Waals surface area (Å²) in [6, 6.07) is 5.52. The fourth-order valence-electron chi connectivity index (χ4n) is 3.90. The normalized spacial score (nSPS) is 22.2. The van der Waals surface area contributed by atoms with Crippen LogP contribution in [0.4, 0.5) is 10.6 Å². The zero-order valence-electron chi connectivity index (χ0n) is 20.1. The van der Waals surface area contributed by atoms with Crippen LogP contribution in [0.1, 0.15) is 25.6 Å². The number of carboxylic acids is 1. The third-order valence-corrected chi connectivity index (χ3v) is 5.95. The zero-order valence-corrected chi connectivity index (χ0v) is 20.1. The average molecular weight is 517 g/mol. The fraction of sp³-hybridized carbons (Fsp3) is 0.435. The van der Waals surface area contributed by atoms with Crippen LogP contribution in [0.15, 0.2) is 36.9 Å². The van der Waals surface area contributed by atoms with Gasteiger partial charge < -0.3 is 40.5 Å². The van der Waals surface area contributed by atoms with Crippen molar-refractivity contribution in [1.82, 2.24) is 24.8 Å². The molecule has 1 aromatic carbocycles. The molecule has 1 amide bonds. The first-order valence-corrected chi connectivity index (χ1v) is 11.5. The number of imidazole rings is 1. The number of hydrogen-bond acceptors (Lipinski definition) is 11. The third kappa shape index (κ3) is 5.71. The first kappa shape index (κ1) is 26.1. The Morgan fingerprint density at radius 1 is 1.14 bits per heavy atom. The fourth-order valence-corrected chi connectivity index (χ4v) is 3.90. The minimum atomic E-state index is -1.40. The maximum Gasteiger partial charge on any atom is 0.407 e. The molecule has 0 saturated carbocycles. The SMILES string of the molecule is CC(C)C(NC(=O)OCC1OC(n2cnc3c(NCc4ccc(O)cc4)ncnc32)C(O)C1O)C(=O)O. The Labute approximate surface area is 210 Å². The van der Waals surface area contributed by atoms with Crippen LogP contribution in [0, 0.1) is 5.92 Å². The topological polar surface area (TPSA) is 201 Å². The number of fused-ring (bicyclic) bond motifs is 1. The minimum absolute atomic E-state index is 0.161. The van der Waals surface area contributed by atoms with Gasteiger partial charge in [-0.05, 0) is 23.6 Å². The summed E-state index contributed by atoms with van der Waals surface area (Å²) < 4.78 is 12.3. The van der Waals surface area contributed by atoms with Crippen molar-refractivity contribution < 1.29 is 39.5 Å². The Morgan fingerprint density at radius 3 is 2.54 bits per heavy atom. The van der Waals surface area contributed by atoms with E-state index in [2.05, 4.69) is 25.6 Å². The number of carbonyl (C=O) groups is 2. The number of aliphatic carboxylic acids is 1. The van der Waals surface area contributed by atoms with Gasteiger partial charge in [-0.2, -0.15) is 0 Å². The van der Waals surface area contributed by atoms with E-state index in [4.69, 9.17) is 9.47 Å². The summed E-state index contributed by atoms with van der Waals surface area (Å²) in [6.07, 6.45) is -3.24. The van der Waals surface area contributed by atoms with Gasteiger partial charge in [-0.15, -0.1) is 0 Å². The van der Waals surface area contributed by atoms with Gasteiger partial charge in [-0.1, -0.05) is 26.0 Å². The number of alkyl carbamates (subject to hydrolysis) is 1. The van der Waals surface area contributed by atoms with Crippen molar-refractivity contribution in [3.05, 3.63) is 42.5 Å². The largest absolute Gasteiger partial charge is 0.508 e. The lowest BCUT2D eigenvalue weighted by molar-refractivity contribution is -0.140. The van der Waals surface area contributed by atoms with Gasteiger partial charge in [0, 0.05) is 6.54 Å². The number of aliphatic hydroxyl groups excluding tert-OH is 2. The standard InChI is InChI=1S/C23H28N6O8/c1-11(2)15(22(33)34)28-23(35)36-8-14-17(31)18(32)21(37-14)29-10-27-16-19(25-9-26-20(16)29)24-7-12-3-5-13(30)6-4-12/h3-6,9-11,14-15,17-18,21,30-32H,7-8H2,1-2H3,(H,28,35)(H,33,34)(H,24,25,26). The number of amides is 1. The molecule has 3 heterocycles. The second kappa shape index (κ2) is 10.9. The molecule has 4 rings (SSSR count). The Morgan fingerprint density at radius 2 is 1.86 bits per heavy atom. The number of nitrogens with zero attached hydrogens (tertiary/aromatic N) is 4. The molecular weight excluding hydrogens is 488 g/mol. The van der Waals surface area contributed by atoms with Crippen LogP contribution >= 0.6 is 0 Å². The second-order valence-electron chi connectivity index (χ2n) is 8.92. The highest BCUT2D eigenvalue weighted by Gasteiger charge is 2.45. The smallest absolute Gasteiger partial charge is 0.407 e. The van der Waals surface area contributed by atoms with Crippen LogP contribution < -0.4 is 10.6 Å². The van der Waals surface area contributed by atoms with E-state index in [-0.39, 0.29) is 11.7 Å². The van der Waals surface area contributed by atoms with E-state index in [1.807, 2.05) is 0 Å². The lowest BCUT2D eigenvalue weighted by Gasteiger charge is -2.19. The van der Waals surface area contributed by atoms with E-state index in [9.17, 15) is 30.0 Å². The molecule has 6 N–H and O–H groups in total. The lowest BCUT2D eigenvalue weighted by atomic mass is 10.1. The number of anilines is 1. The number of ether oxygens (including phenoxy) is 2.